The van der Waals surface area contributed by atoms with Crippen molar-refractivity contribution in [3.63, 3.8) is 0 Å². The van der Waals surface area contributed by atoms with Crippen LogP contribution in [0.5, 0.6) is 0 Å². The first-order valence-electron chi connectivity index (χ1n) is 7.31. The van der Waals surface area contributed by atoms with E-state index >= 15 is 0 Å². The Bertz CT molecular complexity index is 470. The van der Waals surface area contributed by atoms with Gasteiger partial charge in [-0.2, -0.15) is 0 Å². The molecular formula is C15H23N3O2. The van der Waals surface area contributed by atoms with E-state index in [1.165, 1.54) is 19.3 Å². The second-order valence-corrected chi connectivity index (χ2v) is 5.63. The van der Waals surface area contributed by atoms with Gasteiger partial charge in [0, 0.05) is 18.2 Å². The summed E-state index contributed by atoms with van der Waals surface area (Å²) >= 11 is 0. The summed E-state index contributed by atoms with van der Waals surface area (Å²) in [7, 11) is 0. The first-order valence-corrected chi connectivity index (χ1v) is 7.31. The average Bonchev–Trinajstić information content (AvgIpc) is 2.39. The molecule has 0 aliphatic carbocycles. The van der Waals surface area contributed by atoms with Crippen LogP contribution in [0.1, 0.15) is 31.7 Å². The van der Waals surface area contributed by atoms with Crippen LogP contribution in [0.4, 0.5) is 11.4 Å². The van der Waals surface area contributed by atoms with E-state index in [0.29, 0.717) is 11.3 Å². The van der Waals surface area contributed by atoms with Gasteiger partial charge in [0.05, 0.1) is 4.92 Å². The predicted octanol–water partition coefficient (Wildman–Crippen LogP) is 3.19. The lowest BCUT2D eigenvalue weighted by Crippen LogP contribution is -2.38. The summed E-state index contributed by atoms with van der Waals surface area (Å²) in [6, 6.07) is 5.63. The molecule has 1 atom stereocenters. The number of nitro benzene ring substituents is 1. The molecule has 0 radical (unpaired) electrons. The molecule has 1 fully saturated rings. The lowest BCUT2D eigenvalue weighted by Gasteiger charge is -2.29. The van der Waals surface area contributed by atoms with Gasteiger partial charge in [-0.05, 0) is 45.8 Å². The number of hydrogen-bond donors (Lipinski definition) is 1. The average molecular weight is 277 g/mol. The van der Waals surface area contributed by atoms with Crippen LogP contribution >= 0.6 is 0 Å². The number of hydrogen-bond acceptors (Lipinski definition) is 4. The zero-order valence-electron chi connectivity index (χ0n) is 12.3. The zero-order valence-corrected chi connectivity index (χ0v) is 12.3. The second-order valence-electron chi connectivity index (χ2n) is 5.63. The van der Waals surface area contributed by atoms with Crippen molar-refractivity contribution in [3.8, 4) is 0 Å². The van der Waals surface area contributed by atoms with Crippen LogP contribution in [-0.4, -0.2) is 35.5 Å². The van der Waals surface area contributed by atoms with Gasteiger partial charge in [-0.15, -0.1) is 0 Å². The summed E-state index contributed by atoms with van der Waals surface area (Å²) in [5, 5.41) is 14.5. The van der Waals surface area contributed by atoms with E-state index in [1.54, 1.807) is 19.1 Å². The van der Waals surface area contributed by atoms with Crippen molar-refractivity contribution in [1.29, 1.82) is 0 Å². The minimum atomic E-state index is -0.300. The Morgan fingerprint density at radius 1 is 1.35 bits per heavy atom. The number of nitrogens with zero attached hydrogens (tertiary/aromatic N) is 2. The first kappa shape index (κ1) is 14.8. The standard InChI is InChI=1S/C15H23N3O2/c1-12-7-6-8-14(15(12)18(19)20)16-13(2)11-17-9-4-3-5-10-17/h6-8,13,16H,3-5,9-11H2,1-2H3. The molecule has 1 saturated heterocycles. The molecule has 20 heavy (non-hydrogen) atoms. The summed E-state index contributed by atoms with van der Waals surface area (Å²) in [5.41, 5.74) is 1.52. The minimum Gasteiger partial charge on any atom is -0.376 e. The van der Waals surface area contributed by atoms with Gasteiger partial charge in [0.1, 0.15) is 5.69 Å². The Kier molecular flexibility index (Phi) is 4.95. The second kappa shape index (κ2) is 6.70. The number of benzene rings is 1. The Morgan fingerprint density at radius 2 is 2.05 bits per heavy atom. The molecule has 1 unspecified atom stereocenters. The highest BCUT2D eigenvalue weighted by atomic mass is 16.6. The molecule has 110 valence electrons. The molecule has 1 aliphatic heterocycles. The Hall–Kier alpha value is -1.62. The first-order chi connectivity index (χ1) is 9.58. The topological polar surface area (TPSA) is 58.4 Å². The molecule has 1 heterocycles. The van der Waals surface area contributed by atoms with Crippen molar-refractivity contribution in [2.45, 2.75) is 39.2 Å². The molecule has 1 aliphatic rings. The number of aryl methyl sites for hydroxylation is 1. The fraction of sp³-hybridized carbons (Fsp3) is 0.600. The van der Waals surface area contributed by atoms with E-state index in [1.807, 2.05) is 6.07 Å². The molecule has 0 amide bonds. The molecule has 1 aromatic rings. The molecular weight excluding hydrogens is 254 g/mol. The van der Waals surface area contributed by atoms with Crippen molar-refractivity contribution in [1.82, 2.24) is 4.90 Å². The van der Waals surface area contributed by atoms with E-state index in [4.69, 9.17) is 0 Å². The van der Waals surface area contributed by atoms with Crippen LogP contribution in [0, 0.1) is 17.0 Å². The van der Waals surface area contributed by atoms with Gasteiger partial charge in [-0.25, -0.2) is 0 Å². The van der Waals surface area contributed by atoms with Crippen molar-refractivity contribution < 1.29 is 4.92 Å². The maximum Gasteiger partial charge on any atom is 0.295 e. The number of nitro groups is 1. The van der Waals surface area contributed by atoms with Crippen molar-refractivity contribution in [2.75, 3.05) is 25.0 Å². The monoisotopic (exact) mass is 277 g/mol. The number of para-hydroxylation sites is 1. The third kappa shape index (κ3) is 3.70. The Labute approximate surface area is 120 Å². The van der Waals surface area contributed by atoms with Gasteiger partial charge in [0.25, 0.3) is 5.69 Å². The normalized spacial score (nSPS) is 17.7. The highest BCUT2D eigenvalue weighted by Gasteiger charge is 2.19. The molecule has 2 rings (SSSR count). The fourth-order valence-corrected chi connectivity index (χ4v) is 2.86. The Balaban J connectivity index is 2.01. The van der Waals surface area contributed by atoms with E-state index < -0.39 is 0 Å². The van der Waals surface area contributed by atoms with Crippen LogP contribution in [0.15, 0.2) is 18.2 Å². The lowest BCUT2D eigenvalue weighted by molar-refractivity contribution is -0.384. The smallest absolute Gasteiger partial charge is 0.295 e. The van der Waals surface area contributed by atoms with E-state index in [2.05, 4.69) is 17.1 Å². The van der Waals surface area contributed by atoms with Gasteiger partial charge in [0.2, 0.25) is 0 Å². The molecule has 0 saturated carbocycles. The summed E-state index contributed by atoms with van der Waals surface area (Å²) < 4.78 is 0. The van der Waals surface area contributed by atoms with Crippen LogP contribution in [-0.2, 0) is 0 Å². The zero-order chi connectivity index (χ0) is 14.5. The Morgan fingerprint density at radius 3 is 2.70 bits per heavy atom. The SMILES string of the molecule is Cc1cccc(NC(C)CN2CCCCC2)c1[N+](=O)[O-]. The van der Waals surface area contributed by atoms with E-state index in [-0.39, 0.29) is 16.7 Å². The third-order valence-corrected chi connectivity index (χ3v) is 3.80. The number of nitrogens with one attached hydrogen (secondary N) is 1. The largest absolute Gasteiger partial charge is 0.376 e. The molecule has 0 aromatic heterocycles. The minimum absolute atomic E-state index is 0.193. The van der Waals surface area contributed by atoms with Gasteiger partial charge in [0.15, 0.2) is 0 Å². The van der Waals surface area contributed by atoms with Crippen LogP contribution in [0.2, 0.25) is 0 Å². The van der Waals surface area contributed by atoms with Crippen molar-refractivity contribution in [3.05, 3.63) is 33.9 Å². The molecule has 5 nitrogen and oxygen atoms in total. The van der Waals surface area contributed by atoms with Crippen LogP contribution < -0.4 is 5.32 Å². The van der Waals surface area contributed by atoms with E-state index in [0.717, 1.165) is 19.6 Å². The maximum absolute atomic E-state index is 11.2. The summed E-state index contributed by atoms with van der Waals surface area (Å²) in [6.45, 7) is 7.08. The van der Waals surface area contributed by atoms with E-state index in [9.17, 15) is 10.1 Å². The predicted molar refractivity (Wildman–Crippen MR) is 81.2 cm³/mol. The van der Waals surface area contributed by atoms with Gasteiger partial charge in [-0.3, -0.25) is 10.1 Å². The fourth-order valence-electron chi connectivity index (χ4n) is 2.86. The molecule has 1 aromatic carbocycles. The van der Waals surface area contributed by atoms with Crippen LogP contribution in [0.3, 0.4) is 0 Å². The van der Waals surface area contributed by atoms with Crippen LogP contribution in [0.25, 0.3) is 0 Å². The molecule has 1 N–H and O–H groups in total. The number of rotatable bonds is 5. The quantitative estimate of drug-likeness (QED) is 0.663. The summed E-state index contributed by atoms with van der Waals surface area (Å²) in [4.78, 5) is 13.3. The van der Waals surface area contributed by atoms with Gasteiger partial charge < -0.3 is 10.2 Å². The van der Waals surface area contributed by atoms with Crippen molar-refractivity contribution in [2.24, 2.45) is 0 Å². The van der Waals surface area contributed by atoms with Crippen molar-refractivity contribution >= 4 is 11.4 Å². The maximum atomic E-state index is 11.2. The molecule has 5 heteroatoms. The molecule has 0 bridgehead atoms. The highest BCUT2D eigenvalue weighted by Crippen LogP contribution is 2.28. The summed E-state index contributed by atoms with van der Waals surface area (Å²) in [6.07, 6.45) is 3.84. The number of likely N-dealkylation sites (tertiary alicyclic amines) is 1. The summed E-state index contributed by atoms with van der Waals surface area (Å²) in [5.74, 6) is 0. The highest BCUT2D eigenvalue weighted by molar-refractivity contribution is 5.65. The third-order valence-electron chi connectivity index (χ3n) is 3.80. The van der Waals surface area contributed by atoms with Gasteiger partial charge >= 0.3 is 0 Å². The lowest BCUT2D eigenvalue weighted by atomic mass is 10.1. The number of anilines is 1. The van der Waals surface area contributed by atoms with Gasteiger partial charge in [-0.1, -0.05) is 18.6 Å². The number of piperidine rings is 1. The molecule has 0 spiro atoms.